The smallest absolute Gasteiger partial charge is 0.269 e. The van der Waals surface area contributed by atoms with Gasteiger partial charge in [-0.15, -0.1) is 0 Å². The molecule has 0 aliphatic carbocycles. The van der Waals surface area contributed by atoms with Crippen molar-refractivity contribution >= 4 is 34.8 Å². The lowest BCUT2D eigenvalue weighted by atomic mass is 9.92. The molecule has 194 valence electrons. The minimum Gasteiger partial charge on any atom is -0.493 e. The molecule has 0 radical (unpaired) electrons. The molecule has 1 amide bonds. The minimum atomic E-state index is -0.478. The summed E-state index contributed by atoms with van der Waals surface area (Å²) in [6.07, 6.45) is 0.594. The first kappa shape index (κ1) is 26.4. The van der Waals surface area contributed by atoms with E-state index < -0.39 is 11.0 Å². The number of nitro benzene ring substituents is 1. The predicted molar refractivity (Wildman–Crippen MR) is 138 cm³/mol. The molecule has 3 aromatic carbocycles. The van der Waals surface area contributed by atoms with Crippen LogP contribution in [-0.4, -0.2) is 49.7 Å². The monoisotopic (exact) mass is 546 g/mol. The van der Waals surface area contributed by atoms with Gasteiger partial charge in [-0.05, 0) is 60.0 Å². The number of amides is 1. The third kappa shape index (κ3) is 6.00. The zero-order chi connectivity index (χ0) is 26.5. The number of hydrogen-bond acceptors (Lipinski definition) is 7. The Kier molecular flexibility index (Phi) is 8.25. The molecule has 1 heterocycles. The highest BCUT2D eigenvalue weighted by Gasteiger charge is 2.33. The van der Waals surface area contributed by atoms with Crippen LogP contribution in [0, 0.1) is 10.1 Å². The normalized spacial score (nSPS) is 14.5. The molecule has 0 spiro atoms. The summed E-state index contributed by atoms with van der Waals surface area (Å²) in [5, 5.41) is 11.7. The number of halogens is 2. The van der Waals surface area contributed by atoms with Gasteiger partial charge in [0.25, 0.3) is 11.6 Å². The summed E-state index contributed by atoms with van der Waals surface area (Å²) in [6.45, 7) is 0.291. The average molecular weight is 547 g/mol. The van der Waals surface area contributed by atoms with E-state index in [0.717, 1.165) is 11.1 Å². The maximum absolute atomic E-state index is 13.3. The van der Waals surface area contributed by atoms with Crippen molar-refractivity contribution in [2.75, 3.05) is 34.0 Å². The van der Waals surface area contributed by atoms with Crippen LogP contribution in [0.25, 0.3) is 0 Å². The predicted octanol–water partition coefficient (Wildman–Crippen LogP) is 5.50. The van der Waals surface area contributed by atoms with Gasteiger partial charge in [-0.1, -0.05) is 23.2 Å². The molecule has 1 atom stereocenters. The topological polar surface area (TPSA) is 100 Å². The summed E-state index contributed by atoms with van der Waals surface area (Å²) in [5.74, 6) is 1.65. The molecule has 0 fully saturated rings. The van der Waals surface area contributed by atoms with Crippen LogP contribution in [0.4, 0.5) is 5.69 Å². The number of nitro groups is 1. The van der Waals surface area contributed by atoms with E-state index in [1.165, 1.54) is 24.3 Å². The molecular weight excluding hydrogens is 523 g/mol. The SMILES string of the molecule is COc1cc2c(cc1OC)C(COc1ccc([N+](=O)[O-])cc1)N(C(=O)COc1ccc(Cl)cc1Cl)CC2. The van der Waals surface area contributed by atoms with E-state index in [0.29, 0.717) is 46.0 Å². The van der Waals surface area contributed by atoms with Crippen molar-refractivity contribution in [3.05, 3.63) is 85.9 Å². The molecule has 9 nitrogen and oxygen atoms in total. The van der Waals surface area contributed by atoms with E-state index in [2.05, 4.69) is 0 Å². The van der Waals surface area contributed by atoms with E-state index in [1.54, 1.807) is 37.3 Å². The van der Waals surface area contributed by atoms with Crippen LogP contribution in [0.1, 0.15) is 17.2 Å². The van der Waals surface area contributed by atoms with Gasteiger partial charge in [0.05, 0.1) is 30.2 Å². The Bertz CT molecular complexity index is 1300. The van der Waals surface area contributed by atoms with E-state index in [1.807, 2.05) is 12.1 Å². The highest BCUT2D eigenvalue weighted by atomic mass is 35.5. The number of carbonyl (C=O) groups excluding carboxylic acids is 1. The number of benzene rings is 3. The summed E-state index contributed by atoms with van der Waals surface area (Å²) in [7, 11) is 3.11. The Morgan fingerprint density at radius 1 is 1.00 bits per heavy atom. The van der Waals surface area contributed by atoms with Crippen LogP contribution < -0.4 is 18.9 Å². The van der Waals surface area contributed by atoms with E-state index >= 15 is 0 Å². The van der Waals surface area contributed by atoms with Crippen LogP contribution in [0.3, 0.4) is 0 Å². The highest BCUT2D eigenvalue weighted by molar-refractivity contribution is 6.35. The molecule has 0 aromatic heterocycles. The van der Waals surface area contributed by atoms with Crippen molar-refractivity contribution < 1.29 is 28.7 Å². The van der Waals surface area contributed by atoms with Crippen molar-refractivity contribution in [2.24, 2.45) is 0 Å². The summed E-state index contributed by atoms with van der Waals surface area (Å²) in [4.78, 5) is 25.5. The Morgan fingerprint density at radius 3 is 2.35 bits per heavy atom. The maximum atomic E-state index is 13.3. The molecule has 0 saturated heterocycles. The van der Waals surface area contributed by atoms with Crippen LogP contribution in [0.15, 0.2) is 54.6 Å². The van der Waals surface area contributed by atoms with Gasteiger partial charge in [-0.2, -0.15) is 0 Å². The number of fused-ring (bicyclic) bond motifs is 1. The summed E-state index contributed by atoms with van der Waals surface area (Å²) < 4.78 is 22.6. The van der Waals surface area contributed by atoms with Crippen LogP contribution >= 0.6 is 23.2 Å². The van der Waals surface area contributed by atoms with Gasteiger partial charge in [0, 0.05) is 23.7 Å². The molecular formula is C26H24Cl2N2O7. The molecule has 11 heteroatoms. The Balaban J connectivity index is 1.58. The quantitative estimate of drug-likeness (QED) is 0.258. The number of non-ortho nitro benzene ring substituents is 1. The number of carbonyl (C=O) groups is 1. The van der Waals surface area contributed by atoms with E-state index in [9.17, 15) is 14.9 Å². The Labute approximate surface area is 223 Å². The largest absolute Gasteiger partial charge is 0.493 e. The first-order chi connectivity index (χ1) is 17.8. The third-order valence-electron chi connectivity index (χ3n) is 6.02. The minimum absolute atomic E-state index is 0.0398. The lowest BCUT2D eigenvalue weighted by Crippen LogP contribution is -2.44. The first-order valence-electron chi connectivity index (χ1n) is 11.3. The van der Waals surface area contributed by atoms with Crippen LogP contribution in [0.5, 0.6) is 23.0 Å². The molecule has 0 bridgehead atoms. The summed E-state index contributed by atoms with van der Waals surface area (Å²) >= 11 is 12.1. The molecule has 1 aliphatic heterocycles. The van der Waals surface area contributed by atoms with Crippen molar-refractivity contribution in [3.63, 3.8) is 0 Å². The second kappa shape index (κ2) is 11.6. The first-order valence-corrected chi connectivity index (χ1v) is 12.1. The zero-order valence-electron chi connectivity index (χ0n) is 20.1. The van der Waals surface area contributed by atoms with E-state index in [-0.39, 0.29) is 24.8 Å². The van der Waals surface area contributed by atoms with Crippen LogP contribution in [-0.2, 0) is 11.2 Å². The van der Waals surface area contributed by atoms with Gasteiger partial charge in [-0.3, -0.25) is 14.9 Å². The molecule has 1 unspecified atom stereocenters. The zero-order valence-corrected chi connectivity index (χ0v) is 21.6. The van der Waals surface area contributed by atoms with Gasteiger partial charge in [0.2, 0.25) is 0 Å². The second-order valence-corrected chi connectivity index (χ2v) is 9.03. The highest BCUT2D eigenvalue weighted by Crippen LogP contribution is 2.39. The maximum Gasteiger partial charge on any atom is 0.269 e. The molecule has 3 aromatic rings. The number of ether oxygens (including phenoxy) is 4. The molecule has 0 saturated carbocycles. The van der Waals surface area contributed by atoms with Gasteiger partial charge in [-0.25, -0.2) is 0 Å². The molecule has 1 aliphatic rings. The van der Waals surface area contributed by atoms with Gasteiger partial charge in [0.1, 0.15) is 18.1 Å². The number of hydrogen-bond donors (Lipinski definition) is 0. The molecule has 0 N–H and O–H groups in total. The fourth-order valence-electron chi connectivity index (χ4n) is 4.16. The van der Waals surface area contributed by atoms with Crippen molar-refractivity contribution in [1.29, 1.82) is 0 Å². The molecule has 4 rings (SSSR count). The average Bonchev–Trinajstić information content (AvgIpc) is 2.90. The second-order valence-electron chi connectivity index (χ2n) is 8.18. The van der Waals surface area contributed by atoms with Gasteiger partial charge >= 0.3 is 0 Å². The van der Waals surface area contributed by atoms with Gasteiger partial charge < -0.3 is 23.8 Å². The summed E-state index contributed by atoms with van der Waals surface area (Å²) in [5.41, 5.74) is 1.81. The number of nitrogens with zero attached hydrogens (tertiary/aromatic N) is 2. The number of methoxy groups -OCH3 is 2. The van der Waals surface area contributed by atoms with Crippen molar-refractivity contribution in [1.82, 2.24) is 4.90 Å². The third-order valence-corrected chi connectivity index (χ3v) is 6.55. The number of rotatable bonds is 9. The Morgan fingerprint density at radius 2 is 1.70 bits per heavy atom. The van der Waals surface area contributed by atoms with E-state index in [4.69, 9.17) is 42.1 Å². The van der Waals surface area contributed by atoms with Crippen molar-refractivity contribution in [3.8, 4) is 23.0 Å². The van der Waals surface area contributed by atoms with Crippen LogP contribution in [0.2, 0.25) is 10.0 Å². The fourth-order valence-corrected chi connectivity index (χ4v) is 4.62. The summed E-state index contributed by atoms with van der Waals surface area (Å²) in [6, 6.07) is 13.8. The molecule has 37 heavy (non-hydrogen) atoms. The Hall–Kier alpha value is -3.69. The van der Waals surface area contributed by atoms with Crippen molar-refractivity contribution in [2.45, 2.75) is 12.5 Å². The fraction of sp³-hybridized carbons (Fsp3) is 0.269. The lowest BCUT2D eigenvalue weighted by Gasteiger charge is -2.37. The lowest BCUT2D eigenvalue weighted by molar-refractivity contribution is -0.384. The standard InChI is InChI=1S/C26H24Cl2N2O7/c1-34-24-11-16-9-10-29(26(31)15-37-23-8-3-17(27)12-21(23)28)22(20(16)13-25(24)35-2)14-36-19-6-4-18(5-7-19)30(32)33/h3-8,11-13,22H,9-10,14-15H2,1-2H3. The van der Waals surface area contributed by atoms with Gasteiger partial charge in [0.15, 0.2) is 18.1 Å².